The Morgan fingerprint density at radius 1 is 1.56 bits per heavy atom. The largest absolute Gasteiger partial charge is 0.475 e. The van der Waals surface area contributed by atoms with E-state index >= 15 is 0 Å². The Morgan fingerprint density at radius 2 is 2.22 bits per heavy atom. The van der Waals surface area contributed by atoms with Gasteiger partial charge in [0.25, 0.3) is 0 Å². The number of furan rings is 1. The number of hydrogen-bond acceptors (Lipinski definition) is 3. The highest BCUT2D eigenvalue weighted by Crippen LogP contribution is 2.27. The van der Waals surface area contributed by atoms with Gasteiger partial charge in [-0.05, 0) is 38.7 Å². The van der Waals surface area contributed by atoms with Crippen molar-refractivity contribution < 1.29 is 14.3 Å². The average Bonchev–Trinajstić information content (AvgIpc) is 2.95. The molecule has 0 spiro atoms. The van der Waals surface area contributed by atoms with Crippen LogP contribution in [0.5, 0.6) is 0 Å². The van der Waals surface area contributed by atoms with E-state index in [9.17, 15) is 4.79 Å². The molecule has 4 heteroatoms. The summed E-state index contributed by atoms with van der Waals surface area (Å²) in [6, 6.07) is 2.10. The van der Waals surface area contributed by atoms with Gasteiger partial charge < -0.3 is 14.8 Å². The molecule has 100 valence electrons. The predicted molar refractivity (Wildman–Crippen MR) is 68.7 cm³/mol. The first kappa shape index (κ1) is 13.1. The van der Waals surface area contributed by atoms with E-state index in [4.69, 9.17) is 9.52 Å². The van der Waals surface area contributed by atoms with Gasteiger partial charge in [0, 0.05) is 18.2 Å². The highest BCUT2D eigenvalue weighted by Gasteiger charge is 2.21. The lowest BCUT2D eigenvalue weighted by atomic mass is 9.99. The fourth-order valence-corrected chi connectivity index (χ4v) is 2.70. The maximum absolute atomic E-state index is 10.8. The monoisotopic (exact) mass is 251 g/mol. The summed E-state index contributed by atoms with van der Waals surface area (Å²) >= 11 is 0. The molecular formula is C14H21NO3. The van der Waals surface area contributed by atoms with Crippen LogP contribution in [0.2, 0.25) is 0 Å². The van der Waals surface area contributed by atoms with Crippen molar-refractivity contribution in [2.75, 3.05) is 0 Å². The van der Waals surface area contributed by atoms with Gasteiger partial charge >= 0.3 is 5.97 Å². The van der Waals surface area contributed by atoms with Crippen LogP contribution in [0.3, 0.4) is 0 Å². The number of aryl methyl sites for hydroxylation is 1. The molecule has 1 fully saturated rings. The van der Waals surface area contributed by atoms with Crippen LogP contribution < -0.4 is 5.32 Å². The highest BCUT2D eigenvalue weighted by atomic mass is 16.4. The molecule has 0 bridgehead atoms. The Balaban J connectivity index is 1.91. The summed E-state index contributed by atoms with van der Waals surface area (Å²) in [5.74, 6) is 0.473. The molecule has 1 saturated carbocycles. The SMILES string of the molecule is Cc1oc(C(=O)O)cc1CNC(C)C1CCCC1. The van der Waals surface area contributed by atoms with Crippen LogP contribution in [-0.4, -0.2) is 17.1 Å². The van der Waals surface area contributed by atoms with Crippen molar-refractivity contribution in [1.82, 2.24) is 5.32 Å². The third-order valence-corrected chi connectivity index (χ3v) is 3.95. The number of rotatable bonds is 5. The second-order valence-electron chi connectivity index (χ2n) is 5.21. The maximum atomic E-state index is 10.8. The van der Waals surface area contributed by atoms with Gasteiger partial charge in [-0.25, -0.2) is 4.79 Å². The minimum Gasteiger partial charge on any atom is -0.475 e. The fourth-order valence-electron chi connectivity index (χ4n) is 2.70. The molecule has 18 heavy (non-hydrogen) atoms. The van der Waals surface area contributed by atoms with E-state index in [-0.39, 0.29) is 5.76 Å². The van der Waals surface area contributed by atoms with Crippen LogP contribution in [0, 0.1) is 12.8 Å². The van der Waals surface area contributed by atoms with Crippen LogP contribution in [0.15, 0.2) is 10.5 Å². The van der Waals surface area contributed by atoms with Crippen LogP contribution >= 0.6 is 0 Å². The number of carbonyl (C=O) groups is 1. The molecule has 0 amide bonds. The van der Waals surface area contributed by atoms with Gasteiger partial charge in [0.15, 0.2) is 0 Å². The van der Waals surface area contributed by atoms with Gasteiger partial charge in [0.2, 0.25) is 5.76 Å². The summed E-state index contributed by atoms with van der Waals surface area (Å²) in [5.41, 5.74) is 0.942. The topological polar surface area (TPSA) is 62.5 Å². The lowest BCUT2D eigenvalue weighted by Crippen LogP contribution is -2.31. The van der Waals surface area contributed by atoms with E-state index in [0.717, 1.165) is 11.5 Å². The summed E-state index contributed by atoms with van der Waals surface area (Å²) in [4.78, 5) is 10.8. The summed E-state index contributed by atoms with van der Waals surface area (Å²) in [7, 11) is 0. The zero-order valence-corrected chi connectivity index (χ0v) is 11.0. The van der Waals surface area contributed by atoms with Gasteiger partial charge in [0.05, 0.1) is 0 Å². The van der Waals surface area contributed by atoms with E-state index in [2.05, 4.69) is 12.2 Å². The van der Waals surface area contributed by atoms with E-state index in [0.29, 0.717) is 18.3 Å². The smallest absolute Gasteiger partial charge is 0.371 e. The molecule has 1 aromatic heterocycles. The number of nitrogens with one attached hydrogen (secondary N) is 1. The fraction of sp³-hybridized carbons (Fsp3) is 0.643. The number of carboxylic acids is 1. The van der Waals surface area contributed by atoms with Crippen LogP contribution in [0.1, 0.15) is 54.5 Å². The van der Waals surface area contributed by atoms with Crippen molar-refractivity contribution in [3.63, 3.8) is 0 Å². The molecule has 0 radical (unpaired) electrons. The Bertz CT molecular complexity index is 419. The van der Waals surface area contributed by atoms with Gasteiger partial charge in [-0.2, -0.15) is 0 Å². The Kier molecular flexibility index (Phi) is 4.07. The lowest BCUT2D eigenvalue weighted by Gasteiger charge is -2.20. The Labute approximate surface area is 107 Å². The van der Waals surface area contributed by atoms with Gasteiger partial charge in [-0.15, -0.1) is 0 Å². The normalized spacial score (nSPS) is 18.1. The first-order valence-electron chi connectivity index (χ1n) is 6.64. The molecule has 1 aliphatic carbocycles. The molecular weight excluding hydrogens is 230 g/mol. The van der Waals surface area contributed by atoms with E-state index in [1.165, 1.54) is 25.7 Å². The van der Waals surface area contributed by atoms with Crippen LogP contribution in [-0.2, 0) is 6.54 Å². The van der Waals surface area contributed by atoms with Crippen molar-refractivity contribution in [2.45, 2.75) is 52.1 Å². The molecule has 1 heterocycles. The molecule has 4 nitrogen and oxygen atoms in total. The average molecular weight is 251 g/mol. The summed E-state index contributed by atoms with van der Waals surface area (Å²) < 4.78 is 5.19. The first-order valence-corrected chi connectivity index (χ1v) is 6.64. The van der Waals surface area contributed by atoms with Crippen molar-refractivity contribution in [3.05, 3.63) is 23.2 Å². The molecule has 1 aromatic rings. The van der Waals surface area contributed by atoms with Crippen molar-refractivity contribution in [1.29, 1.82) is 0 Å². The van der Waals surface area contributed by atoms with Crippen LogP contribution in [0.4, 0.5) is 0 Å². The third-order valence-electron chi connectivity index (χ3n) is 3.95. The minimum absolute atomic E-state index is 0.0258. The Hall–Kier alpha value is -1.29. The maximum Gasteiger partial charge on any atom is 0.371 e. The first-order chi connectivity index (χ1) is 8.58. The van der Waals surface area contributed by atoms with Crippen molar-refractivity contribution in [2.24, 2.45) is 5.92 Å². The summed E-state index contributed by atoms with van der Waals surface area (Å²) in [5, 5.41) is 12.3. The Morgan fingerprint density at radius 3 is 2.78 bits per heavy atom. The van der Waals surface area contributed by atoms with Crippen molar-refractivity contribution in [3.8, 4) is 0 Å². The van der Waals surface area contributed by atoms with Gasteiger partial charge in [-0.3, -0.25) is 0 Å². The molecule has 1 aliphatic rings. The van der Waals surface area contributed by atoms with E-state index < -0.39 is 5.97 Å². The molecule has 2 N–H and O–H groups in total. The number of carboxylic acid groups (broad SMARTS) is 1. The molecule has 0 aliphatic heterocycles. The van der Waals surface area contributed by atoms with Gasteiger partial charge in [0.1, 0.15) is 5.76 Å². The predicted octanol–water partition coefficient (Wildman–Crippen LogP) is 2.95. The molecule has 1 unspecified atom stereocenters. The zero-order valence-electron chi connectivity index (χ0n) is 11.0. The molecule has 1 atom stereocenters. The molecule has 2 rings (SSSR count). The second-order valence-corrected chi connectivity index (χ2v) is 5.21. The minimum atomic E-state index is -1.01. The molecule has 0 aromatic carbocycles. The lowest BCUT2D eigenvalue weighted by molar-refractivity contribution is 0.0661. The van der Waals surface area contributed by atoms with E-state index in [1.54, 1.807) is 6.07 Å². The van der Waals surface area contributed by atoms with Gasteiger partial charge in [-0.1, -0.05) is 12.8 Å². The summed E-state index contributed by atoms with van der Waals surface area (Å²) in [6.07, 6.45) is 5.28. The zero-order chi connectivity index (χ0) is 13.1. The summed E-state index contributed by atoms with van der Waals surface area (Å²) in [6.45, 7) is 4.70. The second kappa shape index (κ2) is 5.57. The quantitative estimate of drug-likeness (QED) is 0.844. The number of aromatic carboxylic acids is 1. The third kappa shape index (κ3) is 2.93. The molecule has 0 saturated heterocycles. The standard InChI is InChI=1S/C14H21NO3/c1-9(11-5-3-4-6-11)15-8-12-7-13(14(16)17)18-10(12)2/h7,9,11,15H,3-6,8H2,1-2H3,(H,16,17). The van der Waals surface area contributed by atoms with Crippen molar-refractivity contribution >= 4 is 5.97 Å². The number of hydrogen-bond donors (Lipinski definition) is 2. The highest BCUT2D eigenvalue weighted by molar-refractivity contribution is 5.84. The van der Waals surface area contributed by atoms with E-state index in [1.807, 2.05) is 6.92 Å². The van der Waals surface area contributed by atoms with Crippen LogP contribution in [0.25, 0.3) is 0 Å².